The molecule has 0 aromatic heterocycles. The van der Waals surface area contributed by atoms with Crippen LogP contribution < -0.4 is 10.1 Å². The summed E-state index contributed by atoms with van der Waals surface area (Å²) in [5, 5.41) is 2.97. The zero-order chi connectivity index (χ0) is 22.1. The molecule has 0 saturated heterocycles. The molecule has 0 fully saturated rings. The summed E-state index contributed by atoms with van der Waals surface area (Å²) >= 11 is 0. The van der Waals surface area contributed by atoms with Gasteiger partial charge in [0, 0.05) is 12.1 Å². The molecule has 0 radical (unpaired) electrons. The second kappa shape index (κ2) is 10.8. The van der Waals surface area contributed by atoms with E-state index in [2.05, 4.69) is 5.32 Å². The van der Waals surface area contributed by atoms with Gasteiger partial charge >= 0.3 is 0 Å². The smallest absolute Gasteiger partial charge is 0.261 e. The fraction of sp³-hybridized carbons (Fsp3) is 0.417. The third-order valence-corrected chi connectivity index (χ3v) is 4.54. The Morgan fingerprint density at radius 2 is 1.70 bits per heavy atom. The molecule has 6 heteroatoms. The molecule has 0 bridgehead atoms. The van der Waals surface area contributed by atoms with Crippen LogP contribution in [0.4, 0.5) is 4.39 Å². The van der Waals surface area contributed by atoms with Crippen molar-refractivity contribution in [3.63, 3.8) is 0 Å². The molecule has 0 heterocycles. The van der Waals surface area contributed by atoms with Gasteiger partial charge in [0.2, 0.25) is 5.91 Å². The van der Waals surface area contributed by atoms with Crippen LogP contribution in [0.5, 0.6) is 5.75 Å². The Hall–Kier alpha value is -2.89. The molecule has 0 aliphatic heterocycles. The van der Waals surface area contributed by atoms with Crippen molar-refractivity contribution in [2.45, 2.75) is 52.1 Å². The number of ether oxygens (including phenoxy) is 1. The van der Waals surface area contributed by atoms with E-state index in [1.807, 2.05) is 58.0 Å². The fourth-order valence-electron chi connectivity index (χ4n) is 3.11. The summed E-state index contributed by atoms with van der Waals surface area (Å²) < 4.78 is 18.6. The van der Waals surface area contributed by atoms with Gasteiger partial charge in [-0.3, -0.25) is 9.59 Å². The molecular formula is C24H31FN2O3. The lowest BCUT2D eigenvalue weighted by atomic mass is 10.1. The second-order valence-electron chi connectivity index (χ2n) is 8.23. The van der Waals surface area contributed by atoms with E-state index in [4.69, 9.17) is 4.74 Å². The van der Waals surface area contributed by atoms with Gasteiger partial charge in [-0.05, 0) is 63.4 Å². The predicted octanol–water partition coefficient (Wildman–Crippen LogP) is 3.97. The van der Waals surface area contributed by atoms with E-state index >= 15 is 0 Å². The number of amides is 2. The molecule has 1 N–H and O–H groups in total. The number of hydrogen-bond donors (Lipinski definition) is 1. The Kier molecular flexibility index (Phi) is 8.39. The van der Waals surface area contributed by atoms with Gasteiger partial charge in [0.25, 0.3) is 5.91 Å². The maximum absolute atomic E-state index is 13.1. The van der Waals surface area contributed by atoms with E-state index < -0.39 is 11.6 Å². The number of halogens is 1. The van der Waals surface area contributed by atoms with Gasteiger partial charge in [-0.1, -0.05) is 37.3 Å². The number of carbonyl (C=O) groups is 2. The van der Waals surface area contributed by atoms with Crippen LogP contribution in [0.2, 0.25) is 0 Å². The molecule has 2 aromatic carbocycles. The molecule has 5 nitrogen and oxygen atoms in total. The quantitative estimate of drug-likeness (QED) is 0.676. The Morgan fingerprint density at radius 1 is 1.07 bits per heavy atom. The number of nitrogens with zero attached hydrogens (tertiary/aromatic N) is 1. The zero-order valence-corrected chi connectivity index (χ0v) is 18.2. The number of benzene rings is 2. The van der Waals surface area contributed by atoms with E-state index in [1.54, 1.807) is 4.90 Å². The predicted molar refractivity (Wildman–Crippen MR) is 116 cm³/mol. The highest BCUT2D eigenvalue weighted by atomic mass is 19.1. The highest BCUT2D eigenvalue weighted by molar-refractivity contribution is 5.88. The minimum Gasteiger partial charge on any atom is -0.484 e. The average molecular weight is 415 g/mol. The molecule has 30 heavy (non-hydrogen) atoms. The normalized spacial score (nSPS) is 12.2. The lowest BCUT2D eigenvalue weighted by molar-refractivity contribution is -0.142. The highest BCUT2D eigenvalue weighted by Gasteiger charge is 2.30. The third kappa shape index (κ3) is 7.50. The number of carbonyl (C=O) groups excluding carboxylic acids is 2. The molecule has 1 atom stereocenters. The van der Waals surface area contributed by atoms with Crippen LogP contribution in [0.25, 0.3) is 0 Å². The van der Waals surface area contributed by atoms with Gasteiger partial charge < -0.3 is 15.0 Å². The van der Waals surface area contributed by atoms with Crippen molar-refractivity contribution in [1.82, 2.24) is 10.2 Å². The second-order valence-corrected chi connectivity index (χ2v) is 8.23. The summed E-state index contributed by atoms with van der Waals surface area (Å²) in [6.07, 6.45) is 1.11. The molecule has 0 saturated carbocycles. The average Bonchev–Trinajstić information content (AvgIpc) is 2.69. The Bertz CT molecular complexity index is 817. The Morgan fingerprint density at radius 3 is 2.27 bits per heavy atom. The van der Waals surface area contributed by atoms with Crippen molar-refractivity contribution in [2.24, 2.45) is 0 Å². The van der Waals surface area contributed by atoms with Gasteiger partial charge in [-0.15, -0.1) is 0 Å². The summed E-state index contributed by atoms with van der Waals surface area (Å²) in [4.78, 5) is 27.5. The molecule has 0 aliphatic rings. The maximum atomic E-state index is 13.1. The first-order chi connectivity index (χ1) is 14.2. The van der Waals surface area contributed by atoms with Crippen molar-refractivity contribution < 1.29 is 18.7 Å². The molecule has 162 valence electrons. The van der Waals surface area contributed by atoms with Crippen molar-refractivity contribution in [1.29, 1.82) is 0 Å². The van der Waals surface area contributed by atoms with E-state index in [1.165, 1.54) is 24.3 Å². The molecule has 0 unspecified atom stereocenters. The van der Waals surface area contributed by atoms with Crippen LogP contribution in [0.3, 0.4) is 0 Å². The van der Waals surface area contributed by atoms with Crippen molar-refractivity contribution in [3.8, 4) is 5.75 Å². The van der Waals surface area contributed by atoms with Crippen LogP contribution in [-0.2, 0) is 16.0 Å². The third-order valence-electron chi connectivity index (χ3n) is 4.54. The highest BCUT2D eigenvalue weighted by Crippen LogP contribution is 2.14. The molecular weight excluding hydrogens is 383 g/mol. The molecule has 2 rings (SSSR count). The van der Waals surface area contributed by atoms with Crippen LogP contribution in [-0.4, -0.2) is 41.4 Å². The Balaban J connectivity index is 2.14. The summed E-state index contributed by atoms with van der Waals surface area (Å²) in [7, 11) is 0. The summed E-state index contributed by atoms with van der Waals surface area (Å²) in [5.41, 5.74) is 0.685. The minimum absolute atomic E-state index is 0.187. The molecule has 0 spiro atoms. The first-order valence-electron chi connectivity index (χ1n) is 10.2. The van der Waals surface area contributed by atoms with E-state index in [0.29, 0.717) is 25.1 Å². The van der Waals surface area contributed by atoms with Gasteiger partial charge in [0.1, 0.15) is 17.6 Å². The zero-order valence-electron chi connectivity index (χ0n) is 18.2. The largest absolute Gasteiger partial charge is 0.484 e. The van der Waals surface area contributed by atoms with Gasteiger partial charge in [0.05, 0.1) is 0 Å². The summed E-state index contributed by atoms with van der Waals surface area (Å²) in [6, 6.07) is 14.7. The van der Waals surface area contributed by atoms with E-state index in [9.17, 15) is 14.0 Å². The lowest BCUT2D eigenvalue weighted by Gasteiger charge is -2.33. The fourth-order valence-corrected chi connectivity index (χ4v) is 3.11. The SMILES string of the molecule is CC[C@H](C(=O)NC(C)(C)C)N(CCc1ccccc1)C(=O)COc1ccc(F)cc1. The molecule has 2 amide bonds. The minimum atomic E-state index is -0.600. The molecule has 0 aliphatic carbocycles. The van der Waals surface area contributed by atoms with Crippen LogP contribution in [0, 0.1) is 5.82 Å². The van der Waals surface area contributed by atoms with E-state index in [0.717, 1.165) is 5.56 Å². The van der Waals surface area contributed by atoms with Crippen molar-refractivity contribution in [2.75, 3.05) is 13.2 Å². The van der Waals surface area contributed by atoms with Gasteiger partial charge in [-0.25, -0.2) is 4.39 Å². The number of rotatable bonds is 9. The molecule has 2 aromatic rings. The summed E-state index contributed by atoms with van der Waals surface area (Å²) in [5.74, 6) is -0.442. The first kappa shape index (κ1) is 23.4. The number of nitrogens with one attached hydrogen (secondary N) is 1. The number of hydrogen-bond acceptors (Lipinski definition) is 3. The monoisotopic (exact) mass is 414 g/mol. The lowest BCUT2D eigenvalue weighted by Crippen LogP contribution is -2.54. The van der Waals surface area contributed by atoms with Gasteiger partial charge in [0.15, 0.2) is 6.61 Å². The first-order valence-corrected chi connectivity index (χ1v) is 10.2. The maximum Gasteiger partial charge on any atom is 0.261 e. The summed E-state index contributed by atoms with van der Waals surface area (Å²) in [6.45, 7) is 7.78. The van der Waals surface area contributed by atoms with Gasteiger partial charge in [-0.2, -0.15) is 0 Å². The van der Waals surface area contributed by atoms with Crippen LogP contribution in [0.1, 0.15) is 39.7 Å². The van der Waals surface area contributed by atoms with Crippen LogP contribution >= 0.6 is 0 Å². The Labute approximate surface area is 178 Å². The standard InChI is InChI=1S/C24H31FN2O3/c1-5-21(23(29)26-24(2,3)4)27(16-15-18-9-7-6-8-10-18)22(28)17-30-20-13-11-19(25)12-14-20/h6-14,21H,5,15-17H2,1-4H3,(H,26,29)/t21-/m1/s1. The topological polar surface area (TPSA) is 58.6 Å². The van der Waals surface area contributed by atoms with Crippen molar-refractivity contribution in [3.05, 3.63) is 66.0 Å². The van der Waals surface area contributed by atoms with E-state index in [-0.39, 0.29) is 24.2 Å². The van der Waals surface area contributed by atoms with Crippen LogP contribution in [0.15, 0.2) is 54.6 Å². The van der Waals surface area contributed by atoms with Crippen molar-refractivity contribution >= 4 is 11.8 Å².